The molecule has 124 valence electrons. The number of benzene rings is 2. The fourth-order valence-corrected chi connectivity index (χ4v) is 3.26. The van der Waals surface area contributed by atoms with Gasteiger partial charge in [0.15, 0.2) is 0 Å². The second-order valence-electron chi connectivity index (χ2n) is 6.25. The van der Waals surface area contributed by atoms with Crippen LogP contribution in [0.1, 0.15) is 29.0 Å². The van der Waals surface area contributed by atoms with Gasteiger partial charge in [0.05, 0.1) is 6.04 Å². The third-order valence-corrected chi connectivity index (χ3v) is 4.47. The Morgan fingerprint density at radius 3 is 2.50 bits per heavy atom. The first-order valence-electron chi connectivity index (χ1n) is 7.98. The number of para-hydroxylation sites is 1. The van der Waals surface area contributed by atoms with E-state index in [1.807, 2.05) is 31.2 Å². The van der Waals surface area contributed by atoms with Gasteiger partial charge >= 0.3 is 0 Å². The summed E-state index contributed by atoms with van der Waals surface area (Å²) in [5.41, 5.74) is 15.4. The number of hydrogen-bond acceptors (Lipinski definition) is 3. The molecule has 2 unspecified atom stereocenters. The highest BCUT2D eigenvalue weighted by atomic mass is 16.2. The van der Waals surface area contributed by atoms with E-state index >= 15 is 0 Å². The van der Waals surface area contributed by atoms with Crippen LogP contribution in [0.3, 0.4) is 0 Å². The Bertz CT molecular complexity index is 770. The molecule has 0 aliphatic carbocycles. The highest BCUT2D eigenvalue weighted by Gasteiger charge is 2.34. The maximum absolute atomic E-state index is 12.7. The second-order valence-corrected chi connectivity index (χ2v) is 6.25. The lowest BCUT2D eigenvalue weighted by atomic mass is 9.86. The summed E-state index contributed by atoms with van der Waals surface area (Å²) in [6.07, 6.45) is 0.494. The van der Waals surface area contributed by atoms with Gasteiger partial charge in [0, 0.05) is 11.6 Å². The van der Waals surface area contributed by atoms with Crippen LogP contribution in [0.15, 0.2) is 48.5 Å². The van der Waals surface area contributed by atoms with E-state index in [-0.39, 0.29) is 18.4 Å². The normalized spacial score (nSPS) is 20.4. The molecule has 2 amide bonds. The average Bonchev–Trinajstić information content (AvgIpc) is 2.66. The smallest absolute Gasteiger partial charge is 0.244 e. The first kappa shape index (κ1) is 16.2. The van der Waals surface area contributed by atoms with E-state index < -0.39 is 11.9 Å². The van der Waals surface area contributed by atoms with Crippen molar-refractivity contribution in [3.05, 3.63) is 65.2 Å². The van der Waals surface area contributed by atoms with Gasteiger partial charge in [-0.05, 0) is 30.5 Å². The lowest BCUT2D eigenvalue weighted by Crippen LogP contribution is -2.46. The van der Waals surface area contributed by atoms with Crippen LogP contribution in [0.2, 0.25) is 0 Å². The Kier molecular flexibility index (Phi) is 4.36. The van der Waals surface area contributed by atoms with Crippen LogP contribution in [0.5, 0.6) is 0 Å². The first-order chi connectivity index (χ1) is 11.5. The molecule has 2 aromatic carbocycles. The molecule has 1 aliphatic heterocycles. The molecule has 1 aliphatic rings. The number of carbonyl (C=O) groups excluding carboxylic acids is 2. The summed E-state index contributed by atoms with van der Waals surface area (Å²) in [4.78, 5) is 25.5. The molecule has 1 heterocycles. The molecule has 0 saturated heterocycles. The number of fused-ring (bicyclic) bond motifs is 1. The Morgan fingerprint density at radius 2 is 1.83 bits per heavy atom. The molecule has 4 N–H and O–H groups in total. The van der Waals surface area contributed by atoms with Crippen molar-refractivity contribution in [2.75, 3.05) is 11.4 Å². The molecule has 0 saturated carbocycles. The van der Waals surface area contributed by atoms with Crippen LogP contribution in [0.25, 0.3) is 0 Å². The highest BCUT2D eigenvalue weighted by molar-refractivity contribution is 6.02. The van der Waals surface area contributed by atoms with Crippen LogP contribution in [0.4, 0.5) is 5.69 Å². The molecule has 2 atom stereocenters. The van der Waals surface area contributed by atoms with Crippen molar-refractivity contribution in [2.24, 2.45) is 11.5 Å². The summed E-state index contributed by atoms with van der Waals surface area (Å²) in [5.74, 6) is -0.825. The number of amides is 2. The molecular formula is C19H21N3O2. The summed E-state index contributed by atoms with van der Waals surface area (Å²) < 4.78 is 0. The number of rotatable bonds is 3. The van der Waals surface area contributed by atoms with Gasteiger partial charge in [-0.1, -0.05) is 48.0 Å². The zero-order valence-corrected chi connectivity index (χ0v) is 13.6. The maximum atomic E-state index is 12.7. The quantitative estimate of drug-likeness (QED) is 0.900. The van der Waals surface area contributed by atoms with Gasteiger partial charge in [-0.25, -0.2) is 0 Å². The van der Waals surface area contributed by atoms with Gasteiger partial charge in [0.25, 0.3) is 0 Å². The first-order valence-corrected chi connectivity index (χ1v) is 7.98. The summed E-state index contributed by atoms with van der Waals surface area (Å²) in [5, 5.41) is 0. The number of primary amides is 1. The Morgan fingerprint density at radius 1 is 1.17 bits per heavy atom. The van der Waals surface area contributed by atoms with Crippen molar-refractivity contribution in [2.45, 2.75) is 25.3 Å². The Hall–Kier alpha value is -2.66. The predicted molar refractivity (Wildman–Crippen MR) is 93.6 cm³/mol. The Labute approximate surface area is 141 Å². The number of nitrogens with zero attached hydrogens (tertiary/aromatic N) is 1. The summed E-state index contributed by atoms with van der Waals surface area (Å²) in [6, 6.07) is 15.2. The SMILES string of the molecule is Cc1ccc(C2CC(N)C(=O)N(CC(N)=O)c3ccccc32)cc1. The van der Waals surface area contributed by atoms with Crippen LogP contribution in [-0.2, 0) is 9.59 Å². The zero-order valence-electron chi connectivity index (χ0n) is 13.6. The number of nitrogens with two attached hydrogens (primary N) is 2. The van der Waals surface area contributed by atoms with E-state index in [4.69, 9.17) is 11.5 Å². The van der Waals surface area contributed by atoms with Crippen LogP contribution >= 0.6 is 0 Å². The third kappa shape index (κ3) is 3.03. The number of carbonyl (C=O) groups is 2. The highest BCUT2D eigenvalue weighted by Crippen LogP contribution is 2.38. The predicted octanol–water partition coefficient (Wildman–Crippen LogP) is 1.68. The van der Waals surface area contributed by atoms with Crippen molar-refractivity contribution >= 4 is 17.5 Å². The fraction of sp³-hybridized carbons (Fsp3) is 0.263. The van der Waals surface area contributed by atoms with E-state index in [0.717, 1.165) is 11.1 Å². The van der Waals surface area contributed by atoms with Crippen molar-refractivity contribution in [1.29, 1.82) is 0 Å². The molecule has 24 heavy (non-hydrogen) atoms. The van der Waals surface area contributed by atoms with Crippen molar-refractivity contribution in [1.82, 2.24) is 0 Å². The van der Waals surface area contributed by atoms with Crippen molar-refractivity contribution in [3.63, 3.8) is 0 Å². The van der Waals surface area contributed by atoms with E-state index in [1.54, 1.807) is 0 Å². The molecule has 5 nitrogen and oxygen atoms in total. The lowest BCUT2D eigenvalue weighted by Gasteiger charge is -2.23. The third-order valence-electron chi connectivity index (χ3n) is 4.47. The van der Waals surface area contributed by atoms with Crippen LogP contribution in [-0.4, -0.2) is 24.4 Å². The van der Waals surface area contributed by atoms with Crippen LogP contribution < -0.4 is 16.4 Å². The second kappa shape index (κ2) is 6.45. The summed E-state index contributed by atoms with van der Waals surface area (Å²) >= 11 is 0. The number of aryl methyl sites for hydroxylation is 1. The topological polar surface area (TPSA) is 89.4 Å². The molecule has 3 rings (SSSR count). The summed E-state index contributed by atoms with van der Waals surface area (Å²) in [6.45, 7) is 1.87. The van der Waals surface area contributed by atoms with Gasteiger partial charge in [0.1, 0.15) is 6.54 Å². The molecular weight excluding hydrogens is 302 g/mol. The van der Waals surface area contributed by atoms with E-state index in [1.165, 1.54) is 10.5 Å². The fourth-order valence-electron chi connectivity index (χ4n) is 3.26. The molecule has 0 bridgehead atoms. The minimum absolute atomic E-state index is 0.00127. The van der Waals surface area contributed by atoms with Gasteiger partial charge in [-0.15, -0.1) is 0 Å². The maximum Gasteiger partial charge on any atom is 0.244 e. The zero-order chi connectivity index (χ0) is 17.3. The van der Waals surface area contributed by atoms with E-state index in [9.17, 15) is 9.59 Å². The molecule has 0 radical (unpaired) electrons. The Balaban J connectivity index is 2.12. The molecule has 5 heteroatoms. The minimum Gasteiger partial charge on any atom is -0.368 e. The van der Waals surface area contributed by atoms with Crippen molar-refractivity contribution < 1.29 is 9.59 Å². The lowest BCUT2D eigenvalue weighted by molar-refractivity contribution is -0.123. The van der Waals surface area contributed by atoms with Gasteiger partial charge in [0.2, 0.25) is 11.8 Å². The van der Waals surface area contributed by atoms with Gasteiger partial charge < -0.3 is 16.4 Å². The molecule has 0 spiro atoms. The van der Waals surface area contributed by atoms with Crippen LogP contribution in [0, 0.1) is 6.92 Å². The molecule has 0 fully saturated rings. The molecule has 0 aromatic heterocycles. The average molecular weight is 323 g/mol. The molecule has 2 aromatic rings. The van der Waals surface area contributed by atoms with Gasteiger partial charge in [-0.2, -0.15) is 0 Å². The monoisotopic (exact) mass is 323 g/mol. The minimum atomic E-state index is -0.678. The largest absolute Gasteiger partial charge is 0.368 e. The number of anilines is 1. The van der Waals surface area contributed by atoms with Gasteiger partial charge in [-0.3, -0.25) is 9.59 Å². The summed E-state index contributed by atoms with van der Waals surface area (Å²) in [7, 11) is 0. The van der Waals surface area contributed by atoms with E-state index in [2.05, 4.69) is 24.3 Å². The number of hydrogen-bond donors (Lipinski definition) is 2. The standard InChI is InChI=1S/C19H21N3O2/c1-12-6-8-13(9-7-12)15-10-16(20)19(24)22(11-18(21)23)17-5-3-2-4-14(15)17/h2-9,15-16H,10-11,20H2,1H3,(H2,21,23). The van der Waals surface area contributed by atoms with E-state index in [0.29, 0.717) is 12.1 Å². The van der Waals surface area contributed by atoms with Crippen molar-refractivity contribution in [3.8, 4) is 0 Å².